The van der Waals surface area contributed by atoms with Crippen molar-refractivity contribution in [1.29, 1.82) is 0 Å². The summed E-state index contributed by atoms with van der Waals surface area (Å²) in [6.07, 6.45) is 5.62. The highest BCUT2D eigenvalue weighted by Crippen LogP contribution is 2.22. The van der Waals surface area contributed by atoms with E-state index in [1.165, 1.54) is 24.8 Å². The van der Waals surface area contributed by atoms with E-state index in [0.717, 1.165) is 17.5 Å². The Morgan fingerprint density at radius 1 is 1.28 bits per heavy atom. The molecule has 3 heteroatoms. The van der Waals surface area contributed by atoms with Gasteiger partial charge in [0, 0.05) is 29.2 Å². The Bertz CT molecular complexity index is 544. The predicted molar refractivity (Wildman–Crippen MR) is 77.4 cm³/mol. The van der Waals surface area contributed by atoms with Crippen molar-refractivity contribution in [2.24, 2.45) is 0 Å². The Morgan fingerprint density at radius 3 is 2.78 bits per heavy atom. The number of rotatable bonds is 6. The van der Waals surface area contributed by atoms with Gasteiger partial charge in [-0.1, -0.05) is 44.8 Å². The molecule has 93 valence electrons. The Hall–Kier alpha value is -1.51. The van der Waals surface area contributed by atoms with Crippen molar-refractivity contribution in [3.8, 4) is 0 Å². The molecule has 0 fully saturated rings. The molecule has 2 nitrogen and oxygen atoms in total. The molecule has 0 spiro atoms. The van der Waals surface area contributed by atoms with Crippen molar-refractivity contribution < 1.29 is 4.79 Å². The van der Waals surface area contributed by atoms with E-state index in [1.807, 2.05) is 24.4 Å². The minimum Gasteiger partial charge on any atom is -0.347 e. The third-order valence-corrected chi connectivity index (χ3v) is 3.32. The summed E-state index contributed by atoms with van der Waals surface area (Å²) in [6.45, 7) is 4.99. The summed E-state index contributed by atoms with van der Waals surface area (Å²) in [4.78, 5) is 11.9. The molecule has 0 aliphatic heterocycles. The lowest BCUT2D eigenvalue weighted by atomic mass is 9.73. The van der Waals surface area contributed by atoms with Crippen LogP contribution >= 0.6 is 0 Å². The second-order valence-electron chi connectivity index (χ2n) is 4.61. The Balaban J connectivity index is 2.38. The van der Waals surface area contributed by atoms with E-state index >= 15 is 0 Å². The molecule has 1 aromatic heterocycles. The number of nitrogens with zero attached hydrogens (tertiary/aromatic N) is 1. The molecule has 0 unspecified atom stereocenters. The van der Waals surface area contributed by atoms with Crippen LogP contribution in [-0.2, 0) is 6.54 Å². The van der Waals surface area contributed by atoms with Gasteiger partial charge in [-0.25, -0.2) is 0 Å². The molecular weight excluding hydrogens is 221 g/mol. The van der Waals surface area contributed by atoms with Gasteiger partial charge in [-0.3, -0.25) is 0 Å². The zero-order chi connectivity index (χ0) is 13.0. The minimum atomic E-state index is 0.112. The Kier molecular flexibility index (Phi) is 4.24. The molecule has 2 rings (SSSR count). The van der Waals surface area contributed by atoms with Gasteiger partial charge in [0.05, 0.1) is 0 Å². The lowest BCUT2D eigenvalue weighted by Gasteiger charge is -2.03. The summed E-state index contributed by atoms with van der Waals surface area (Å²) in [7, 11) is 1.64. The van der Waals surface area contributed by atoms with Gasteiger partial charge < -0.3 is 9.36 Å². The standard InChI is InChI=1S/C15H19BNO/c1-3-4-7-10-17-11-13(15(18)16-2)12-8-5-6-9-14(12)17/h5-6,8-9,11H,3-4,7,10H2,1-2H3. The smallest absolute Gasteiger partial charge is 0.205 e. The molecule has 0 amide bonds. The third kappa shape index (κ3) is 2.50. The maximum atomic E-state index is 11.9. The molecule has 2 aromatic rings. The molecule has 0 atom stereocenters. The second kappa shape index (κ2) is 5.90. The van der Waals surface area contributed by atoms with Gasteiger partial charge in [-0.05, 0) is 12.5 Å². The van der Waals surface area contributed by atoms with Gasteiger partial charge in [0.15, 0.2) is 0 Å². The predicted octanol–water partition coefficient (Wildman–Crippen LogP) is 3.72. The number of benzene rings is 1. The summed E-state index contributed by atoms with van der Waals surface area (Å²) in [5.41, 5.74) is 2.10. The van der Waals surface area contributed by atoms with E-state index in [-0.39, 0.29) is 5.68 Å². The van der Waals surface area contributed by atoms with Crippen LogP contribution < -0.4 is 0 Å². The number of aryl methyl sites for hydroxylation is 1. The number of fused-ring (bicyclic) bond motifs is 1. The quantitative estimate of drug-likeness (QED) is 0.557. The van der Waals surface area contributed by atoms with Crippen LogP contribution in [0.15, 0.2) is 30.5 Å². The molecule has 1 heterocycles. The zero-order valence-corrected chi connectivity index (χ0v) is 11.1. The minimum absolute atomic E-state index is 0.112. The van der Waals surface area contributed by atoms with Crippen LogP contribution in [0.4, 0.5) is 0 Å². The molecule has 1 aromatic carbocycles. The van der Waals surface area contributed by atoms with Crippen LogP contribution in [-0.4, -0.2) is 17.5 Å². The second-order valence-corrected chi connectivity index (χ2v) is 4.61. The Labute approximate surface area is 109 Å². The molecule has 0 saturated heterocycles. The average Bonchev–Trinajstić information content (AvgIpc) is 2.78. The molecular formula is C15H19BNO. The molecule has 18 heavy (non-hydrogen) atoms. The van der Waals surface area contributed by atoms with Crippen molar-refractivity contribution in [3.63, 3.8) is 0 Å². The Morgan fingerprint density at radius 2 is 2.06 bits per heavy atom. The van der Waals surface area contributed by atoms with E-state index in [0.29, 0.717) is 0 Å². The normalized spacial score (nSPS) is 10.8. The van der Waals surface area contributed by atoms with Crippen molar-refractivity contribution in [2.75, 3.05) is 0 Å². The van der Waals surface area contributed by atoms with Gasteiger partial charge in [-0.15, -0.1) is 0 Å². The fraction of sp³-hybridized carbons (Fsp3) is 0.400. The number of carbonyl (C=O) groups excluding carboxylic acids is 1. The van der Waals surface area contributed by atoms with Crippen LogP contribution in [0.5, 0.6) is 0 Å². The van der Waals surface area contributed by atoms with Crippen LogP contribution in [0, 0.1) is 0 Å². The first kappa shape index (κ1) is 12.9. The van der Waals surface area contributed by atoms with E-state index in [9.17, 15) is 4.79 Å². The summed E-state index contributed by atoms with van der Waals surface area (Å²) in [6, 6.07) is 8.14. The first-order valence-corrected chi connectivity index (χ1v) is 6.69. The van der Waals surface area contributed by atoms with Crippen LogP contribution in [0.2, 0.25) is 6.82 Å². The fourth-order valence-corrected chi connectivity index (χ4v) is 2.32. The van der Waals surface area contributed by atoms with E-state index < -0.39 is 0 Å². The highest BCUT2D eigenvalue weighted by Gasteiger charge is 2.12. The maximum absolute atomic E-state index is 11.9. The third-order valence-electron chi connectivity index (χ3n) is 3.32. The topological polar surface area (TPSA) is 22.0 Å². The first-order chi connectivity index (χ1) is 8.77. The highest BCUT2D eigenvalue weighted by atomic mass is 16.1. The van der Waals surface area contributed by atoms with Crippen molar-refractivity contribution in [1.82, 2.24) is 4.57 Å². The first-order valence-electron chi connectivity index (χ1n) is 6.69. The van der Waals surface area contributed by atoms with E-state index in [1.54, 1.807) is 14.1 Å². The van der Waals surface area contributed by atoms with Crippen LogP contribution in [0.1, 0.15) is 36.5 Å². The van der Waals surface area contributed by atoms with Gasteiger partial charge in [-0.2, -0.15) is 0 Å². The number of hydrogen-bond donors (Lipinski definition) is 0. The summed E-state index contributed by atoms with van der Waals surface area (Å²) >= 11 is 0. The monoisotopic (exact) mass is 240 g/mol. The van der Waals surface area contributed by atoms with Crippen LogP contribution in [0.3, 0.4) is 0 Å². The van der Waals surface area contributed by atoms with Gasteiger partial charge in [0.25, 0.3) is 0 Å². The van der Waals surface area contributed by atoms with Crippen molar-refractivity contribution >= 4 is 23.9 Å². The molecule has 1 radical (unpaired) electrons. The number of para-hydroxylation sites is 1. The summed E-state index contributed by atoms with van der Waals surface area (Å²) in [5, 5.41) is 1.07. The van der Waals surface area contributed by atoms with Crippen LogP contribution in [0.25, 0.3) is 10.9 Å². The average molecular weight is 240 g/mol. The number of carbonyl (C=O) groups is 1. The highest BCUT2D eigenvalue weighted by molar-refractivity contribution is 6.77. The number of aromatic nitrogens is 1. The molecule has 0 aliphatic carbocycles. The lowest BCUT2D eigenvalue weighted by Crippen LogP contribution is -2.04. The van der Waals surface area contributed by atoms with Crippen molar-refractivity contribution in [2.45, 2.75) is 39.6 Å². The summed E-state index contributed by atoms with van der Waals surface area (Å²) < 4.78 is 2.21. The summed E-state index contributed by atoms with van der Waals surface area (Å²) in [5.74, 6) is 0. The zero-order valence-electron chi connectivity index (χ0n) is 11.1. The molecule has 0 bridgehead atoms. The maximum Gasteiger partial charge on any atom is 0.205 e. The lowest BCUT2D eigenvalue weighted by molar-refractivity contribution is 0.107. The number of hydrogen-bond acceptors (Lipinski definition) is 1. The van der Waals surface area contributed by atoms with E-state index in [2.05, 4.69) is 17.6 Å². The SMILES string of the molecule is C[B]C(=O)c1cn(CCCCC)c2ccccc12. The fourth-order valence-electron chi connectivity index (χ4n) is 2.32. The van der Waals surface area contributed by atoms with Gasteiger partial charge in [0.2, 0.25) is 7.28 Å². The molecule has 0 aliphatic rings. The van der Waals surface area contributed by atoms with Crippen molar-refractivity contribution in [3.05, 3.63) is 36.0 Å². The molecule has 0 saturated carbocycles. The van der Waals surface area contributed by atoms with E-state index in [4.69, 9.17) is 0 Å². The van der Waals surface area contributed by atoms with Gasteiger partial charge >= 0.3 is 0 Å². The number of unbranched alkanes of at least 4 members (excludes halogenated alkanes) is 2. The molecule has 0 N–H and O–H groups in total. The van der Waals surface area contributed by atoms with Gasteiger partial charge in [0.1, 0.15) is 5.68 Å². The largest absolute Gasteiger partial charge is 0.347 e.